The minimum absolute atomic E-state index is 0.0756. The number of rotatable bonds is 7. The van der Waals surface area contributed by atoms with Gasteiger partial charge in [0.2, 0.25) is 5.91 Å². The maximum absolute atomic E-state index is 13.8. The highest BCUT2D eigenvalue weighted by Gasteiger charge is 2.15. The molecule has 2 aromatic carbocycles. The third-order valence-electron chi connectivity index (χ3n) is 4.27. The van der Waals surface area contributed by atoms with Gasteiger partial charge in [-0.15, -0.1) is 0 Å². The van der Waals surface area contributed by atoms with E-state index in [0.717, 1.165) is 12.0 Å². The van der Waals surface area contributed by atoms with Crippen molar-refractivity contribution in [2.24, 2.45) is 0 Å². The normalized spacial score (nSPS) is 12.0. The Kier molecular flexibility index (Phi) is 6.24. The van der Waals surface area contributed by atoms with E-state index in [1.165, 1.54) is 12.3 Å². The molecule has 3 rings (SSSR count). The van der Waals surface area contributed by atoms with Gasteiger partial charge in [-0.05, 0) is 36.2 Å². The number of aryl methyl sites for hydroxylation is 1. The van der Waals surface area contributed by atoms with Gasteiger partial charge in [-0.3, -0.25) is 4.79 Å². The minimum Gasteiger partial charge on any atom is -0.441 e. The zero-order valence-electron chi connectivity index (χ0n) is 14.9. The highest BCUT2D eigenvalue weighted by molar-refractivity contribution is 6.30. The Morgan fingerprint density at radius 3 is 2.67 bits per heavy atom. The second kappa shape index (κ2) is 8.82. The summed E-state index contributed by atoms with van der Waals surface area (Å²) in [6.07, 6.45) is 2.83. The van der Waals surface area contributed by atoms with Crippen LogP contribution < -0.4 is 5.32 Å². The summed E-state index contributed by atoms with van der Waals surface area (Å²) in [6, 6.07) is 13.7. The molecule has 0 aliphatic rings. The molecule has 1 heterocycles. The first-order valence-corrected chi connectivity index (χ1v) is 9.19. The number of carbonyl (C=O) groups is 1. The van der Waals surface area contributed by atoms with Gasteiger partial charge >= 0.3 is 0 Å². The summed E-state index contributed by atoms with van der Waals surface area (Å²) < 4.78 is 19.4. The van der Waals surface area contributed by atoms with Gasteiger partial charge in [-0.2, -0.15) is 0 Å². The quantitative estimate of drug-likeness (QED) is 0.596. The molecule has 3 aromatic rings. The van der Waals surface area contributed by atoms with Crippen molar-refractivity contribution < 1.29 is 13.6 Å². The Labute approximate surface area is 162 Å². The molecule has 1 aromatic heterocycles. The van der Waals surface area contributed by atoms with Crippen LogP contribution in [0.5, 0.6) is 0 Å². The number of nitrogens with one attached hydrogen (secondary N) is 1. The predicted molar refractivity (Wildman–Crippen MR) is 103 cm³/mol. The van der Waals surface area contributed by atoms with Crippen LogP contribution in [0.3, 0.4) is 0 Å². The van der Waals surface area contributed by atoms with Gasteiger partial charge in [0.1, 0.15) is 5.82 Å². The van der Waals surface area contributed by atoms with Crippen molar-refractivity contribution in [2.45, 2.75) is 32.2 Å². The molecule has 0 fully saturated rings. The number of aromatic nitrogens is 1. The Hall–Kier alpha value is -2.66. The van der Waals surface area contributed by atoms with E-state index in [-0.39, 0.29) is 24.2 Å². The van der Waals surface area contributed by atoms with Crippen molar-refractivity contribution in [3.8, 4) is 11.3 Å². The fourth-order valence-electron chi connectivity index (χ4n) is 2.81. The molecule has 4 nitrogen and oxygen atoms in total. The molecule has 1 N–H and O–H groups in total. The Bertz CT molecular complexity index is 909. The first-order valence-electron chi connectivity index (χ1n) is 8.81. The zero-order valence-corrected chi connectivity index (χ0v) is 15.7. The van der Waals surface area contributed by atoms with Gasteiger partial charge in [-0.1, -0.05) is 42.8 Å². The largest absolute Gasteiger partial charge is 0.441 e. The van der Waals surface area contributed by atoms with Crippen LogP contribution in [-0.4, -0.2) is 10.9 Å². The van der Waals surface area contributed by atoms with Crippen molar-refractivity contribution in [1.29, 1.82) is 0 Å². The lowest BCUT2D eigenvalue weighted by Crippen LogP contribution is -2.28. The number of benzene rings is 2. The van der Waals surface area contributed by atoms with Crippen LogP contribution in [0.15, 0.2) is 59.1 Å². The zero-order chi connectivity index (χ0) is 19.2. The van der Waals surface area contributed by atoms with E-state index in [9.17, 15) is 9.18 Å². The van der Waals surface area contributed by atoms with Crippen molar-refractivity contribution in [3.05, 3.63) is 77.0 Å². The molecule has 27 heavy (non-hydrogen) atoms. The first kappa shape index (κ1) is 19.1. The smallest absolute Gasteiger partial charge is 0.220 e. The lowest BCUT2D eigenvalue weighted by atomic mass is 10.0. The average molecular weight is 387 g/mol. The molecule has 1 atom stereocenters. The standard InChI is InChI=1S/C21H20ClFN2O2/c1-2-18(14-7-9-15(22)10-8-14)25-20(26)11-12-21-24-13-19(27-21)16-5-3-4-6-17(16)23/h3-10,13,18H,2,11-12H2,1H3,(H,25,26)/t18-/m0/s1. The highest BCUT2D eigenvalue weighted by Crippen LogP contribution is 2.24. The summed E-state index contributed by atoms with van der Waals surface area (Å²) in [5.74, 6) is 0.299. The summed E-state index contributed by atoms with van der Waals surface area (Å²) in [6.45, 7) is 2.01. The second-order valence-corrected chi connectivity index (χ2v) is 6.61. The van der Waals surface area contributed by atoms with E-state index in [4.69, 9.17) is 16.0 Å². The molecule has 0 aliphatic carbocycles. The minimum atomic E-state index is -0.369. The molecule has 0 aliphatic heterocycles. The van der Waals surface area contributed by atoms with Crippen LogP contribution in [0.4, 0.5) is 4.39 Å². The lowest BCUT2D eigenvalue weighted by molar-refractivity contribution is -0.121. The molecule has 1 amide bonds. The second-order valence-electron chi connectivity index (χ2n) is 6.18. The number of amides is 1. The number of carbonyl (C=O) groups excluding carboxylic acids is 1. The molecule has 6 heteroatoms. The van der Waals surface area contributed by atoms with Gasteiger partial charge in [0.15, 0.2) is 11.7 Å². The summed E-state index contributed by atoms with van der Waals surface area (Å²) in [7, 11) is 0. The van der Waals surface area contributed by atoms with Crippen molar-refractivity contribution >= 4 is 17.5 Å². The summed E-state index contributed by atoms with van der Waals surface area (Å²) in [5, 5.41) is 3.67. The number of nitrogens with zero attached hydrogens (tertiary/aromatic N) is 1. The molecule has 0 saturated heterocycles. The third kappa shape index (κ3) is 4.95. The highest BCUT2D eigenvalue weighted by atomic mass is 35.5. The van der Waals surface area contributed by atoms with Crippen molar-refractivity contribution in [3.63, 3.8) is 0 Å². The van der Waals surface area contributed by atoms with Gasteiger partial charge in [-0.25, -0.2) is 9.37 Å². The van der Waals surface area contributed by atoms with Crippen LogP contribution in [0, 0.1) is 5.82 Å². The van der Waals surface area contributed by atoms with Crippen molar-refractivity contribution in [2.75, 3.05) is 0 Å². The summed E-state index contributed by atoms with van der Waals surface area (Å²) >= 11 is 5.91. The average Bonchev–Trinajstić information content (AvgIpc) is 3.14. The Morgan fingerprint density at radius 1 is 1.22 bits per heavy atom. The van der Waals surface area contributed by atoms with E-state index < -0.39 is 0 Å². The number of hydrogen-bond donors (Lipinski definition) is 1. The molecule has 0 spiro atoms. The number of oxazole rings is 1. The maximum Gasteiger partial charge on any atom is 0.220 e. The molecule has 0 unspecified atom stereocenters. The molecule has 0 saturated carbocycles. The van der Waals surface area contributed by atoms with E-state index in [0.29, 0.717) is 28.7 Å². The van der Waals surface area contributed by atoms with Crippen LogP contribution in [0.25, 0.3) is 11.3 Å². The van der Waals surface area contributed by atoms with E-state index in [1.54, 1.807) is 18.2 Å². The van der Waals surface area contributed by atoms with Crippen LogP contribution in [0.1, 0.15) is 37.3 Å². The van der Waals surface area contributed by atoms with Gasteiger partial charge in [0.05, 0.1) is 17.8 Å². The molecule has 0 radical (unpaired) electrons. The summed E-state index contributed by atoms with van der Waals surface area (Å²) in [5.41, 5.74) is 1.36. The predicted octanol–water partition coefficient (Wildman–Crippen LogP) is 5.33. The van der Waals surface area contributed by atoms with Crippen LogP contribution in [0.2, 0.25) is 5.02 Å². The Balaban J connectivity index is 1.57. The molecule has 140 valence electrons. The lowest BCUT2D eigenvalue weighted by Gasteiger charge is -2.17. The topological polar surface area (TPSA) is 55.1 Å². The van der Waals surface area contributed by atoms with E-state index in [1.807, 2.05) is 31.2 Å². The van der Waals surface area contributed by atoms with E-state index >= 15 is 0 Å². The third-order valence-corrected chi connectivity index (χ3v) is 4.53. The molecular formula is C21H20ClFN2O2. The van der Waals surface area contributed by atoms with Crippen LogP contribution in [-0.2, 0) is 11.2 Å². The van der Waals surface area contributed by atoms with Gasteiger partial charge in [0, 0.05) is 17.9 Å². The van der Waals surface area contributed by atoms with E-state index in [2.05, 4.69) is 10.3 Å². The number of halogens is 2. The Morgan fingerprint density at radius 2 is 1.96 bits per heavy atom. The molecule has 0 bridgehead atoms. The summed E-state index contributed by atoms with van der Waals surface area (Å²) in [4.78, 5) is 16.4. The first-order chi connectivity index (χ1) is 13.1. The van der Waals surface area contributed by atoms with Gasteiger partial charge < -0.3 is 9.73 Å². The fraction of sp³-hybridized carbons (Fsp3) is 0.238. The number of hydrogen-bond acceptors (Lipinski definition) is 3. The monoisotopic (exact) mass is 386 g/mol. The fourth-order valence-corrected chi connectivity index (χ4v) is 2.94. The van der Waals surface area contributed by atoms with Crippen LogP contribution >= 0.6 is 11.6 Å². The van der Waals surface area contributed by atoms with Gasteiger partial charge in [0.25, 0.3) is 0 Å². The maximum atomic E-state index is 13.8. The van der Waals surface area contributed by atoms with Crippen molar-refractivity contribution in [1.82, 2.24) is 10.3 Å². The molecular weight excluding hydrogens is 367 g/mol. The SMILES string of the molecule is CC[C@H](NC(=O)CCc1ncc(-c2ccccc2F)o1)c1ccc(Cl)cc1.